The molecule has 0 N–H and O–H groups in total. The number of aromatic nitrogens is 3. The second kappa shape index (κ2) is 3.56. The summed E-state index contributed by atoms with van der Waals surface area (Å²) in [4.78, 5) is 9.30. The van der Waals surface area contributed by atoms with Gasteiger partial charge >= 0.3 is 0 Å². The highest BCUT2D eigenvalue weighted by Crippen LogP contribution is 2.28. The summed E-state index contributed by atoms with van der Waals surface area (Å²) in [6.45, 7) is 12.9. The lowest BCUT2D eigenvalue weighted by Crippen LogP contribution is -2.17. The van der Waals surface area contributed by atoms with Crippen molar-refractivity contribution in [3.8, 4) is 0 Å². The summed E-state index contributed by atoms with van der Waals surface area (Å²) in [5, 5.41) is 0. The number of aryl methyl sites for hydroxylation is 3. The highest BCUT2D eigenvalue weighted by Gasteiger charge is 2.23. The highest BCUT2D eigenvalue weighted by atomic mass is 15.1. The van der Waals surface area contributed by atoms with E-state index in [9.17, 15) is 0 Å². The zero-order valence-electron chi connectivity index (χ0n) is 11.8. The smallest absolute Gasteiger partial charge is 0.178 e. The zero-order chi connectivity index (χ0) is 13.0. The van der Waals surface area contributed by atoms with Crippen LogP contribution < -0.4 is 0 Å². The van der Waals surface area contributed by atoms with E-state index < -0.39 is 0 Å². The predicted molar refractivity (Wildman–Crippen MR) is 71.4 cm³/mol. The minimum Gasteiger partial charge on any atom is -0.329 e. The summed E-state index contributed by atoms with van der Waals surface area (Å²) in [6.07, 6.45) is 0. The minimum absolute atomic E-state index is 0.0453. The first kappa shape index (κ1) is 12.1. The van der Waals surface area contributed by atoms with Crippen molar-refractivity contribution in [2.75, 3.05) is 0 Å². The molecule has 17 heavy (non-hydrogen) atoms. The van der Waals surface area contributed by atoms with Gasteiger partial charge in [0.05, 0.1) is 5.52 Å². The quantitative estimate of drug-likeness (QED) is 0.697. The van der Waals surface area contributed by atoms with Gasteiger partial charge in [-0.25, -0.2) is 9.97 Å². The Morgan fingerprint density at radius 1 is 0.941 bits per heavy atom. The molecule has 0 aliphatic rings. The average molecular weight is 231 g/mol. The Hall–Kier alpha value is -1.38. The standard InChI is InChI=1S/C14H21N3/c1-8-9(2)11-12(15-10(8)3)16-13(17(11)7)14(4,5)6/h1-7H3. The topological polar surface area (TPSA) is 30.7 Å². The van der Waals surface area contributed by atoms with Crippen LogP contribution in [0.3, 0.4) is 0 Å². The number of pyridine rings is 1. The SMILES string of the molecule is Cc1nc2nc(C(C)(C)C)n(C)c2c(C)c1C. The third-order valence-electron chi connectivity index (χ3n) is 3.48. The Kier molecular flexibility index (Phi) is 2.53. The maximum absolute atomic E-state index is 4.70. The van der Waals surface area contributed by atoms with Gasteiger partial charge in [-0.05, 0) is 31.9 Å². The molecule has 2 aromatic rings. The van der Waals surface area contributed by atoms with Crippen molar-refractivity contribution in [3.63, 3.8) is 0 Å². The van der Waals surface area contributed by atoms with Crippen LogP contribution in [0.5, 0.6) is 0 Å². The third kappa shape index (κ3) is 1.74. The number of hydrogen-bond acceptors (Lipinski definition) is 2. The van der Waals surface area contributed by atoms with Crippen molar-refractivity contribution < 1.29 is 0 Å². The van der Waals surface area contributed by atoms with E-state index in [2.05, 4.69) is 51.2 Å². The van der Waals surface area contributed by atoms with E-state index in [0.717, 1.165) is 22.7 Å². The van der Waals surface area contributed by atoms with Gasteiger partial charge in [0, 0.05) is 18.2 Å². The van der Waals surface area contributed by atoms with Gasteiger partial charge in [0.1, 0.15) is 5.82 Å². The largest absolute Gasteiger partial charge is 0.329 e. The van der Waals surface area contributed by atoms with E-state index in [1.807, 2.05) is 6.92 Å². The number of imidazole rings is 1. The number of fused-ring (bicyclic) bond motifs is 1. The van der Waals surface area contributed by atoms with Crippen molar-refractivity contribution in [2.45, 2.75) is 47.0 Å². The van der Waals surface area contributed by atoms with Crippen LogP contribution in [0.1, 0.15) is 43.4 Å². The van der Waals surface area contributed by atoms with Crippen molar-refractivity contribution >= 4 is 11.2 Å². The van der Waals surface area contributed by atoms with Crippen LogP contribution in [-0.2, 0) is 12.5 Å². The molecule has 0 fully saturated rings. The lowest BCUT2D eigenvalue weighted by Gasteiger charge is -2.17. The molecule has 0 aliphatic heterocycles. The van der Waals surface area contributed by atoms with E-state index in [1.54, 1.807) is 0 Å². The molecule has 0 atom stereocenters. The molecule has 0 bridgehead atoms. The van der Waals surface area contributed by atoms with E-state index >= 15 is 0 Å². The molecule has 0 saturated carbocycles. The maximum atomic E-state index is 4.70. The fourth-order valence-electron chi connectivity index (χ4n) is 2.34. The maximum Gasteiger partial charge on any atom is 0.178 e. The molecule has 0 aliphatic carbocycles. The van der Waals surface area contributed by atoms with Crippen molar-refractivity contribution in [3.05, 3.63) is 22.6 Å². The van der Waals surface area contributed by atoms with Crippen LogP contribution in [0.25, 0.3) is 11.2 Å². The molecular formula is C14H21N3. The van der Waals surface area contributed by atoms with Gasteiger partial charge in [-0.15, -0.1) is 0 Å². The van der Waals surface area contributed by atoms with Crippen molar-refractivity contribution in [1.29, 1.82) is 0 Å². The van der Waals surface area contributed by atoms with Gasteiger partial charge < -0.3 is 4.57 Å². The first-order chi connectivity index (χ1) is 7.73. The molecule has 0 radical (unpaired) electrons. The summed E-state index contributed by atoms with van der Waals surface area (Å²) < 4.78 is 2.18. The van der Waals surface area contributed by atoms with Gasteiger partial charge in [-0.1, -0.05) is 20.8 Å². The first-order valence-electron chi connectivity index (χ1n) is 6.04. The van der Waals surface area contributed by atoms with Crippen LogP contribution in [-0.4, -0.2) is 14.5 Å². The van der Waals surface area contributed by atoms with Crippen molar-refractivity contribution in [1.82, 2.24) is 14.5 Å². The van der Waals surface area contributed by atoms with Crippen LogP contribution >= 0.6 is 0 Å². The molecular weight excluding hydrogens is 210 g/mol. The summed E-state index contributed by atoms with van der Waals surface area (Å²) in [5.74, 6) is 1.09. The number of rotatable bonds is 0. The average Bonchev–Trinajstić information content (AvgIpc) is 2.52. The molecule has 3 nitrogen and oxygen atoms in total. The lowest BCUT2D eigenvalue weighted by atomic mass is 9.96. The Balaban J connectivity index is 2.89. The van der Waals surface area contributed by atoms with Gasteiger partial charge in [0.25, 0.3) is 0 Å². The second-order valence-corrected chi connectivity index (χ2v) is 5.86. The van der Waals surface area contributed by atoms with Gasteiger partial charge in [0.15, 0.2) is 5.65 Å². The molecule has 0 unspecified atom stereocenters. The Morgan fingerprint density at radius 3 is 2.06 bits per heavy atom. The molecule has 2 heterocycles. The van der Waals surface area contributed by atoms with E-state index in [-0.39, 0.29) is 5.41 Å². The Bertz CT molecular complexity index is 586. The fraction of sp³-hybridized carbons (Fsp3) is 0.571. The normalized spacial score (nSPS) is 12.4. The lowest BCUT2D eigenvalue weighted by molar-refractivity contribution is 0.526. The highest BCUT2D eigenvalue weighted by molar-refractivity contribution is 5.77. The van der Waals surface area contributed by atoms with Gasteiger partial charge in [-0.3, -0.25) is 0 Å². The van der Waals surface area contributed by atoms with Crippen LogP contribution in [0.2, 0.25) is 0 Å². The molecule has 2 aromatic heterocycles. The Labute approximate surface area is 103 Å². The summed E-state index contributed by atoms with van der Waals surface area (Å²) in [5.41, 5.74) is 5.72. The van der Waals surface area contributed by atoms with Gasteiger partial charge in [0.2, 0.25) is 0 Å². The molecule has 2 rings (SSSR count). The fourth-order valence-corrected chi connectivity index (χ4v) is 2.34. The number of nitrogens with zero attached hydrogens (tertiary/aromatic N) is 3. The second-order valence-electron chi connectivity index (χ2n) is 5.86. The minimum atomic E-state index is 0.0453. The monoisotopic (exact) mass is 231 g/mol. The summed E-state index contributed by atoms with van der Waals surface area (Å²) in [7, 11) is 2.08. The summed E-state index contributed by atoms with van der Waals surface area (Å²) in [6, 6.07) is 0. The van der Waals surface area contributed by atoms with E-state index in [1.165, 1.54) is 11.1 Å². The predicted octanol–water partition coefficient (Wildman–Crippen LogP) is 3.19. The summed E-state index contributed by atoms with van der Waals surface area (Å²) >= 11 is 0. The van der Waals surface area contributed by atoms with Crippen molar-refractivity contribution in [2.24, 2.45) is 7.05 Å². The molecule has 3 heteroatoms. The van der Waals surface area contributed by atoms with Crippen LogP contribution in [0.15, 0.2) is 0 Å². The third-order valence-corrected chi connectivity index (χ3v) is 3.48. The molecule has 0 aromatic carbocycles. The Morgan fingerprint density at radius 2 is 1.53 bits per heavy atom. The first-order valence-corrected chi connectivity index (χ1v) is 6.04. The van der Waals surface area contributed by atoms with E-state index in [4.69, 9.17) is 4.98 Å². The molecule has 92 valence electrons. The molecule has 0 spiro atoms. The van der Waals surface area contributed by atoms with Crippen LogP contribution in [0, 0.1) is 20.8 Å². The van der Waals surface area contributed by atoms with E-state index in [0.29, 0.717) is 0 Å². The number of hydrogen-bond donors (Lipinski definition) is 0. The van der Waals surface area contributed by atoms with Crippen LogP contribution in [0.4, 0.5) is 0 Å². The van der Waals surface area contributed by atoms with Gasteiger partial charge in [-0.2, -0.15) is 0 Å². The zero-order valence-corrected chi connectivity index (χ0v) is 11.8. The molecule has 0 amide bonds. The molecule has 0 saturated heterocycles.